The zero-order valence-electron chi connectivity index (χ0n) is 13.0. The van der Waals surface area contributed by atoms with Crippen molar-refractivity contribution in [3.63, 3.8) is 0 Å². The van der Waals surface area contributed by atoms with Gasteiger partial charge in [-0.1, -0.05) is 18.2 Å². The van der Waals surface area contributed by atoms with Crippen LogP contribution in [0.15, 0.2) is 35.7 Å². The molecule has 0 aliphatic heterocycles. The summed E-state index contributed by atoms with van der Waals surface area (Å²) in [5.41, 5.74) is 3.75. The molecule has 2 rings (SSSR count). The third-order valence-corrected chi connectivity index (χ3v) is 3.08. The minimum absolute atomic E-state index is 0.0951. The number of aryl methyl sites for hydroxylation is 1. The number of anilines is 2. The summed E-state index contributed by atoms with van der Waals surface area (Å²) in [6, 6.07) is 8.96. The summed E-state index contributed by atoms with van der Waals surface area (Å²) < 4.78 is 0. The Morgan fingerprint density at radius 3 is 2.75 bits per heavy atom. The van der Waals surface area contributed by atoms with Crippen molar-refractivity contribution in [3.8, 4) is 6.07 Å². The summed E-state index contributed by atoms with van der Waals surface area (Å²) >= 11 is 0. The van der Waals surface area contributed by atoms with Crippen LogP contribution >= 0.6 is 0 Å². The Hall–Kier alpha value is -3.67. The highest BCUT2D eigenvalue weighted by Crippen LogP contribution is 2.16. The zero-order chi connectivity index (χ0) is 17.5. The van der Waals surface area contributed by atoms with Gasteiger partial charge in [0.15, 0.2) is 11.5 Å². The van der Waals surface area contributed by atoms with Gasteiger partial charge >= 0.3 is 0 Å². The number of imidazole rings is 1. The lowest BCUT2D eigenvalue weighted by molar-refractivity contribution is -0.114. The number of nitriles is 1. The first-order chi connectivity index (χ1) is 11.6. The molecule has 0 unspecified atom stereocenters. The number of carbonyl (C=O) groups is 2. The molecule has 4 N–H and O–H groups in total. The molecular formula is C15H15N7O2. The highest BCUT2D eigenvalue weighted by Gasteiger charge is 2.16. The lowest BCUT2D eigenvalue weighted by atomic mass is 10.2. The van der Waals surface area contributed by atoms with E-state index in [9.17, 15) is 9.59 Å². The minimum Gasteiger partial charge on any atom is -0.353 e. The molecule has 0 atom stereocenters. The number of rotatable bonds is 5. The number of hydrazone groups is 1. The van der Waals surface area contributed by atoms with Crippen molar-refractivity contribution in [3.05, 3.63) is 41.9 Å². The number of aromatic nitrogens is 2. The Bertz CT molecular complexity index is 832. The Kier molecular flexibility index (Phi) is 5.25. The molecule has 24 heavy (non-hydrogen) atoms. The largest absolute Gasteiger partial charge is 0.353 e. The van der Waals surface area contributed by atoms with Crippen molar-refractivity contribution < 1.29 is 9.59 Å². The number of hydrogen-bond donors (Lipinski definition) is 4. The fourth-order valence-corrected chi connectivity index (χ4v) is 1.80. The quantitative estimate of drug-likeness (QED) is 0.480. The third kappa shape index (κ3) is 3.75. The lowest BCUT2D eigenvalue weighted by Crippen LogP contribution is -2.27. The van der Waals surface area contributed by atoms with Crippen LogP contribution in [0.25, 0.3) is 0 Å². The van der Waals surface area contributed by atoms with Crippen LogP contribution in [0.5, 0.6) is 0 Å². The van der Waals surface area contributed by atoms with Gasteiger partial charge in [0, 0.05) is 12.7 Å². The summed E-state index contributed by atoms with van der Waals surface area (Å²) in [7, 11) is 1.38. The van der Waals surface area contributed by atoms with E-state index in [0.29, 0.717) is 5.69 Å². The lowest BCUT2D eigenvalue weighted by Gasteiger charge is -2.07. The predicted molar refractivity (Wildman–Crippen MR) is 88.5 cm³/mol. The van der Waals surface area contributed by atoms with E-state index in [2.05, 4.69) is 31.1 Å². The maximum atomic E-state index is 12.3. The third-order valence-electron chi connectivity index (χ3n) is 3.08. The summed E-state index contributed by atoms with van der Waals surface area (Å²) in [5.74, 6) is -0.984. The fraction of sp³-hybridized carbons (Fsp3) is 0.133. The molecule has 0 aliphatic rings. The number of nitrogens with zero attached hydrogens (tertiary/aromatic N) is 3. The van der Waals surface area contributed by atoms with E-state index in [0.717, 1.165) is 5.56 Å². The van der Waals surface area contributed by atoms with Crippen molar-refractivity contribution in [2.45, 2.75) is 6.92 Å². The zero-order valence-corrected chi connectivity index (χ0v) is 13.0. The average molecular weight is 325 g/mol. The summed E-state index contributed by atoms with van der Waals surface area (Å²) in [4.78, 5) is 30.3. The van der Waals surface area contributed by atoms with Gasteiger partial charge in [-0.15, -0.1) is 0 Å². The Labute approximate surface area is 137 Å². The molecule has 0 saturated carbocycles. The number of carbonyl (C=O) groups excluding carboxylic acids is 2. The van der Waals surface area contributed by atoms with E-state index in [4.69, 9.17) is 5.26 Å². The molecule has 2 amide bonds. The van der Waals surface area contributed by atoms with E-state index < -0.39 is 11.8 Å². The van der Waals surface area contributed by atoms with Crippen LogP contribution in [0.3, 0.4) is 0 Å². The van der Waals surface area contributed by atoms with Gasteiger partial charge in [0.2, 0.25) is 5.71 Å². The molecule has 1 aromatic carbocycles. The van der Waals surface area contributed by atoms with Crippen LogP contribution < -0.4 is 16.1 Å². The number of para-hydroxylation sites is 1. The van der Waals surface area contributed by atoms with Crippen LogP contribution in [-0.4, -0.2) is 34.5 Å². The van der Waals surface area contributed by atoms with Gasteiger partial charge in [0.1, 0.15) is 6.07 Å². The van der Waals surface area contributed by atoms with Crippen LogP contribution in [0.2, 0.25) is 0 Å². The smallest absolute Gasteiger partial charge is 0.282 e. The van der Waals surface area contributed by atoms with E-state index >= 15 is 0 Å². The number of H-pyrrole nitrogens is 1. The molecule has 9 nitrogen and oxygen atoms in total. The van der Waals surface area contributed by atoms with E-state index in [1.165, 1.54) is 13.4 Å². The Balaban J connectivity index is 2.17. The Morgan fingerprint density at radius 1 is 1.33 bits per heavy atom. The molecule has 0 bridgehead atoms. The number of benzene rings is 1. The average Bonchev–Trinajstić information content (AvgIpc) is 3.05. The van der Waals surface area contributed by atoms with Gasteiger partial charge in [-0.3, -0.25) is 15.0 Å². The first-order valence-corrected chi connectivity index (χ1v) is 6.93. The van der Waals surface area contributed by atoms with Crippen LogP contribution in [0.1, 0.15) is 16.1 Å². The van der Waals surface area contributed by atoms with Gasteiger partial charge in [-0.25, -0.2) is 4.98 Å². The molecule has 0 saturated heterocycles. The molecule has 0 spiro atoms. The number of hydrogen-bond acceptors (Lipinski definition) is 6. The first kappa shape index (κ1) is 16.7. The van der Waals surface area contributed by atoms with Gasteiger partial charge in [0.25, 0.3) is 11.8 Å². The monoisotopic (exact) mass is 325 g/mol. The molecule has 0 aliphatic carbocycles. The van der Waals surface area contributed by atoms with Crippen molar-refractivity contribution in [1.82, 2.24) is 15.3 Å². The molecular weight excluding hydrogens is 310 g/mol. The molecule has 0 radical (unpaired) electrons. The van der Waals surface area contributed by atoms with Crippen LogP contribution in [-0.2, 0) is 4.79 Å². The number of amides is 2. The molecule has 2 aromatic rings. The Morgan fingerprint density at radius 2 is 2.08 bits per heavy atom. The minimum atomic E-state index is -0.647. The normalized spacial score (nSPS) is 10.6. The van der Waals surface area contributed by atoms with Gasteiger partial charge in [-0.2, -0.15) is 10.4 Å². The second-order valence-electron chi connectivity index (χ2n) is 4.66. The second kappa shape index (κ2) is 7.55. The fourth-order valence-electron chi connectivity index (χ4n) is 1.80. The van der Waals surface area contributed by atoms with Crippen LogP contribution in [0.4, 0.5) is 11.5 Å². The maximum Gasteiger partial charge on any atom is 0.282 e. The highest BCUT2D eigenvalue weighted by molar-refractivity contribution is 6.45. The number of nitrogens with one attached hydrogen (secondary N) is 4. The van der Waals surface area contributed by atoms with E-state index in [-0.39, 0.29) is 17.2 Å². The van der Waals surface area contributed by atoms with Gasteiger partial charge in [0.05, 0.1) is 6.33 Å². The van der Waals surface area contributed by atoms with E-state index in [1.807, 2.05) is 25.1 Å². The topological polar surface area (TPSA) is 135 Å². The summed E-state index contributed by atoms with van der Waals surface area (Å²) in [5, 5.41) is 17.6. The van der Waals surface area contributed by atoms with Gasteiger partial charge in [-0.05, 0) is 18.6 Å². The van der Waals surface area contributed by atoms with Crippen molar-refractivity contribution in [1.29, 1.82) is 5.26 Å². The highest BCUT2D eigenvalue weighted by atomic mass is 16.2. The molecule has 1 aromatic heterocycles. The summed E-state index contributed by atoms with van der Waals surface area (Å²) in [6.45, 7) is 1.87. The van der Waals surface area contributed by atoms with Crippen molar-refractivity contribution in [2.75, 3.05) is 17.8 Å². The maximum absolute atomic E-state index is 12.3. The molecule has 1 heterocycles. The predicted octanol–water partition coefficient (Wildman–Crippen LogP) is 1.01. The first-order valence-electron chi connectivity index (χ1n) is 6.93. The van der Waals surface area contributed by atoms with Crippen molar-refractivity contribution >= 4 is 29.0 Å². The van der Waals surface area contributed by atoms with Gasteiger partial charge < -0.3 is 15.6 Å². The van der Waals surface area contributed by atoms with Crippen molar-refractivity contribution in [2.24, 2.45) is 5.10 Å². The summed E-state index contributed by atoms with van der Waals surface area (Å²) in [6.07, 6.45) is 1.30. The van der Waals surface area contributed by atoms with Crippen LogP contribution in [0, 0.1) is 18.3 Å². The molecule has 9 heteroatoms. The number of aromatic amines is 1. The molecule has 122 valence electrons. The standard InChI is InChI=1S/C15H15N7O2/c1-9-5-3-4-6-10(9)20-15(24)12-13(19-8-18-12)22-21-11(7-16)14(23)17-2/h3-6,8,22H,1-2H3,(H,17,23)(H,18,19)(H,20,24). The van der Waals surface area contributed by atoms with E-state index in [1.54, 1.807) is 12.1 Å². The SMILES string of the molecule is CNC(=O)C(C#N)=NNc1nc[nH]c1C(=O)Nc1ccccc1C. The molecule has 0 fully saturated rings. The second-order valence-corrected chi connectivity index (χ2v) is 4.66.